The molecule has 0 saturated heterocycles. The smallest absolute Gasteiger partial charge is 0.395 e. The van der Waals surface area contributed by atoms with Crippen LogP contribution >= 0.6 is 0 Å². The van der Waals surface area contributed by atoms with Crippen molar-refractivity contribution in [3.8, 4) is 11.5 Å². The highest BCUT2D eigenvalue weighted by molar-refractivity contribution is 5.69. The molecule has 8 rings (SSSR count). The van der Waals surface area contributed by atoms with E-state index < -0.39 is 17.0 Å². The van der Waals surface area contributed by atoms with E-state index in [1.165, 1.54) is 0 Å². The van der Waals surface area contributed by atoms with Gasteiger partial charge in [-0.1, -0.05) is 206 Å². The van der Waals surface area contributed by atoms with Gasteiger partial charge >= 0.3 is 6.16 Å². The minimum absolute atomic E-state index is 0.382. The van der Waals surface area contributed by atoms with Crippen LogP contribution in [0.1, 0.15) is 44.5 Å². The van der Waals surface area contributed by atoms with Crippen molar-refractivity contribution in [3.05, 3.63) is 275 Å². The molecule has 260 valence electrons. The first-order valence-electron chi connectivity index (χ1n) is 18.1. The predicted molar refractivity (Wildman–Crippen MR) is 216 cm³/mol. The molecule has 0 aliphatic rings. The summed E-state index contributed by atoms with van der Waals surface area (Å²) < 4.78 is 12.0. The average molecular weight is 699 g/mol. The zero-order chi connectivity index (χ0) is 36.6. The molecule has 0 atom stereocenters. The lowest BCUT2D eigenvalue weighted by Crippen LogP contribution is -2.31. The normalized spacial score (nSPS) is 11.4. The van der Waals surface area contributed by atoms with E-state index in [0.717, 1.165) is 44.5 Å². The quantitative estimate of drug-likeness (QED) is 0.0810. The molecule has 0 aliphatic carbocycles. The Labute approximate surface area is 316 Å². The molecular formula is C51H38O3. The van der Waals surface area contributed by atoms with E-state index in [2.05, 4.69) is 158 Å². The molecule has 3 heteroatoms. The predicted octanol–water partition coefficient (Wildman–Crippen LogP) is 12.0. The van der Waals surface area contributed by atoms with Gasteiger partial charge in [-0.25, -0.2) is 4.79 Å². The van der Waals surface area contributed by atoms with E-state index in [4.69, 9.17) is 9.47 Å². The average Bonchev–Trinajstić information content (AvgIpc) is 3.24. The van der Waals surface area contributed by atoms with E-state index in [9.17, 15) is 4.79 Å². The Kier molecular flexibility index (Phi) is 9.69. The first-order chi connectivity index (χ1) is 26.7. The van der Waals surface area contributed by atoms with Crippen LogP contribution < -0.4 is 9.47 Å². The molecule has 0 amide bonds. The fourth-order valence-corrected chi connectivity index (χ4v) is 7.93. The van der Waals surface area contributed by atoms with Crippen LogP contribution in [0.25, 0.3) is 0 Å². The van der Waals surface area contributed by atoms with Crippen molar-refractivity contribution in [1.82, 2.24) is 0 Å². The summed E-state index contributed by atoms with van der Waals surface area (Å²) in [6, 6.07) is 78.1. The maximum absolute atomic E-state index is 13.7. The number of benzene rings is 8. The van der Waals surface area contributed by atoms with Crippen LogP contribution in [0.5, 0.6) is 11.5 Å². The van der Waals surface area contributed by atoms with E-state index in [1.807, 2.05) is 60.7 Å². The van der Waals surface area contributed by atoms with Gasteiger partial charge in [0.2, 0.25) is 0 Å². The summed E-state index contributed by atoms with van der Waals surface area (Å²) in [6.45, 7) is 0. The third kappa shape index (κ3) is 6.37. The maximum Gasteiger partial charge on any atom is 0.519 e. The lowest BCUT2D eigenvalue weighted by atomic mass is 9.65. The van der Waals surface area contributed by atoms with Crippen LogP contribution in [0.3, 0.4) is 0 Å². The molecule has 8 aromatic rings. The van der Waals surface area contributed by atoms with Crippen LogP contribution in [0.15, 0.2) is 231 Å². The summed E-state index contributed by atoms with van der Waals surface area (Å²) >= 11 is 0. The molecule has 0 aliphatic heterocycles. The number of ether oxygens (including phenoxy) is 2. The number of hydrogen-bond acceptors (Lipinski definition) is 3. The molecule has 0 unspecified atom stereocenters. The Morgan fingerprint density at radius 1 is 0.278 bits per heavy atom. The molecule has 0 N–H and O–H groups in total. The maximum atomic E-state index is 13.7. The highest BCUT2D eigenvalue weighted by atomic mass is 16.7. The molecule has 0 bridgehead atoms. The van der Waals surface area contributed by atoms with Gasteiger partial charge in [0.1, 0.15) is 11.5 Å². The second-order valence-electron chi connectivity index (χ2n) is 13.2. The first-order valence-corrected chi connectivity index (χ1v) is 18.1. The van der Waals surface area contributed by atoms with E-state index in [-0.39, 0.29) is 0 Å². The molecular weight excluding hydrogens is 661 g/mol. The Balaban J connectivity index is 1.17. The second-order valence-corrected chi connectivity index (χ2v) is 13.2. The van der Waals surface area contributed by atoms with E-state index >= 15 is 0 Å². The Hall–Kier alpha value is -6.97. The summed E-state index contributed by atoms with van der Waals surface area (Å²) in [7, 11) is 0. The third-order valence-electron chi connectivity index (χ3n) is 10.2. The molecule has 0 aromatic heterocycles. The number of rotatable bonds is 10. The van der Waals surface area contributed by atoms with Gasteiger partial charge in [-0.15, -0.1) is 0 Å². The van der Waals surface area contributed by atoms with Gasteiger partial charge in [0, 0.05) is 0 Å². The number of carbonyl (C=O) groups is 1. The first kappa shape index (κ1) is 34.1. The van der Waals surface area contributed by atoms with Gasteiger partial charge in [-0.2, -0.15) is 0 Å². The summed E-state index contributed by atoms with van der Waals surface area (Å²) in [5, 5.41) is 0. The van der Waals surface area contributed by atoms with Crippen molar-refractivity contribution in [1.29, 1.82) is 0 Å². The van der Waals surface area contributed by atoms with Gasteiger partial charge in [0.05, 0.1) is 10.8 Å². The van der Waals surface area contributed by atoms with Crippen LogP contribution in [0.2, 0.25) is 0 Å². The van der Waals surface area contributed by atoms with Crippen molar-refractivity contribution in [2.45, 2.75) is 10.8 Å². The lowest BCUT2D eigenvalue weighted by Gasteiger charge is -2.37. The van der Waals surface area contributed by atoms with Crippen molar-refractivity contribution < 1.29 is 14.3 Å². The van der Waals surface area contributed by atoms with Gasteiger partial charge in [0.15, 0.2) is 0 Å². The zero-order valence-corrected chi connectivity index (χ0v) is 29.7. The monoisotopic (exact) mass is 698 g/mol. The molecule has 0 radical (unpaired) electrons. The topological polar surface area (TPSA) is 35.5 Å². The van der Waals surface area contributed by atoms with Crippen molar-refractivity contribution in [3.63, 3.8) is 0 Å². The van der Waals surface area contributed by atoms with Crippen LogP contribution in [0.4, 0.5) is 4.79 Å². The highest BCUT2D eigenvalue weighted by Crippen LogP contribution is 2.47. The minimum Gasteiger partial charge on any atom is -0.395 e. The van der Waals surface area contributed by atoms with Gasteiger partial charge in [-0.05, 0) is 68.8 Å². The molecule has 0 fully saturated rings. The molecule has 0 saturated carbocycles. The number of carbonyl (C=O) groups excluding carboxylic acids is 1. The summed E-state index contributed by atoms with van der Waals surface area (Å²) in [4.78, 5) is 13.7. The van der Waals surface area contributed by atoms with E-state index in [1.54, 1.807) is 12.1 Å². The van der Waals surface area contributed by atoms with Gasteiger partial charge < -0.3 is 9.47 Å². The lowest BCUT2D eigenvalue weighted by molar-refractivity contribution is 0.152. The molecule has 0 spiro atoms. The molecule has 3 nitrogen and oxygen atoms in total. The van der Waals surface area contributed by atoms with Gasteiger partial charge in [-0.3, -0.25) is 0 Å². The van der Waals surface area contributed by atoms with Crippen LogP contribution in [0, 0.1) is 0 Å². The van der Waals surface area contributed by atoms with E-state index in [0.29, 0.717) is 11.5 Å². The van der Waals surface area contributed by atoms with Crippen molar-refractivity contribution in [2.24, 2.45) is 0 Å². The molecule has 54 heavy (non-hydrogen) atoms. The zero-order valence-electron chi connectivity index (χ0n) is 29.7. The highest BCUT2D eigenvalue weighted by Gasteiger charge is 2.40. The van der Waals surface area contributed by atoms with Crippen molar-refractivity contribution >= 4 is 6.16 Å². The summed E-state index contributed by atoms with van der Waals surface area (Å²) in [6.07, 6.45) is -0.821. The molecule has 8 aromatic carbocycles. The largest absolute Gasteiger partial charge is 0.519 e. The summed E-state index contributed by atoms with van der Waals surface area (Å²) in [5.41, 5.74) is 7.11. The Bertz CT molecular complexity index is 2060. The minimum atomic E-state index is -0.821. The number of hydrogen-bond donors (Lipinski definition) is 0. The Morgan fingerprint density at radius 3 is 0.741 bits per heavy atom. The summed E-state index contributed by atoms with van der Waals surface area (Å²) in [5.74, 6) is 0.765. The SMILES string of the molecule is O=C(Oc1cccc(C(c2ccccc2)(c2ccccc2)c2ccccc2)c1)Oc1cccc(C(c2ccccc2)(c2ccccc2)c2ccccc2)c1. The third-order valence-corrected chi connectivity index (χ3v) is 10.2. The fraction of sp³-hybridized carbons (Fsp3) is 0.0392. The second kappa shape index (κ2) is 15.3. The van der Waals surface area contributed by atoms with Crippen LogP contribution in [-0.4, -0.2) is 6.16 Å². The van der Waals surface area contributed by atoms with Crippen LogP contribution in [-0.2, 0) is 10.8 Å². The van der Waals surface area contributed by atoms with Crippen molar-refractivity contribution in [2.75, 3.05) is 0 Å². The standard InChI is InChI=1S/C51H38O3/c52-49(53-47-35-19-33-45(37-47)50(39-21-7-1-8-22-39,40-23-9-2-10-24-40)41-25-11-3-12-26-41)54-48-36-20-34-46(38-48)51(42-27-13-4-14-28-42,43-29-15-5-16-30-43)44-31-17-6-18-32-44/h1-38H. The Morgan fingerprint density at radius 2 is 0.500 bits per heavy atom. The fourth-order valence-electron chi connectivity index (χ4n) is 7.93. The molecule has 0 heterocycles. The van der Waals surface area contributed by atoms with Gasteiger partial charge in [0.25, 0.3) is 0 Å².